The molecule has 2 heterocycles. The topological polar surface area (TPSA) is 93.5 Å². The predicted molar refractivity (Wildman–Crippen MR) is 129 cm³/mol. The van der Waals surface area contributed by atoms with Crippen molar-refractivity contribution < 1.29 is 32.6 Å². The van der Waals surface area contributed by atoms with Crippen molar-refractivity contribution in [2.45, 2.75) is 32.5 Å². The molecule has 2 aromatic carbocycles. The van der Waals surface area contributed by atoms with E-state index in [1.165, 1.54) is 16.5 Å². The summed E-state index contributed by atoms with van der Waals surface area (Å²) in [5.74, 6) is -1.38. The number of fused-ring (bicyclic) bond motifs is 1. The van der Waals surface area contributed by atoms with Crippen LogP contribution in [0.4, 0.5) is 18.9 Å². The van der Waals surface area contributed by atoms with Crippen LogP contribution in [0.2, 0.25) is 0 Å². The third-order valence-corrected chi connectivity index (χ3v) is 5.08. The Labute approximate surface area is 205 Å². The van der Waals surface area contributed by atoms with Crippen molar-refractivity contribution in [3.8, 4) is 11.5 Å². The number of para-hydroxylation sites is 1. The number of amides is 1. The molecule has 0 aliphatic rings. The number of carboxylic acid groups (broad SMARTS) is 1. The van der Waals surface area contributed by atoms with Crippen LogP contribution in [0.5, 0.6) is 11.5 Å². The number of alkyl halides is 3. The Morgan fingerprint density at radius 3 is 2.33 bits per heavy atom. The van der Waals surface area contributed by atoms with E-state index in [9.17, 15) is 18.0 Å². The number of pyridine rings is 1. The molecule has 10 heteroatoms. The smallest absolute Gasteiger partial charge is 0.475 e. The summed E-state index contributed by atoms with van der Waals surface area (Å²) in [6.45, 7) is 3.05. The van der Waals surface area contributed by atoms with Crippen molar-refractivity contribution >= 4 is 28.5 Å². The molecule has 188 valence electrons. The van der Waals surface area contributed by atoms with Crippen molar-refractivity contribution in [3.63, 3.8) is 0 Å². The average molecular weight is 499 g/mol. The quantitative estimate of drug-likeness (QED) is 0.323. The maximum Gasteiger partial charge on any atom is 0.490 e. The molecular weight excluding hydrogens is 475 g/mol. The first kappa shape index (κ1) is 26.3. The number of carboxylic acids is 1. The van der Waals surface area contributed by atoms with Gasteiger partial charge in [0.1, 0.15) is 11.5 Å². The lowest BCUT2D eigenvalue weighted by Gasteiger charge is -2.08. The maximum absolute atomic E-state index is 12.4. The molecule has 0 saturated heterocycles. The maximum atomic E-state index is 12.4. The molecule has 0 unspecified atom stereocenters. The molecule has 0 saturated carbocycles. The molecule has 0 aliphatic carbocycles. The number of ether oxygens (including phenoxy) is 1. The summed E-state index contributed by atoms with van der Waals surface area (Å²) in [5.41, 5.74) is 3.18. The molecule has 0 atom stereocenters. The molecule has 1 amide bonds. The minimum absolute atomic E-state index is 0.000688. The Morgan fingerprint density at radius 1 is 1.03 bits per heavy atom. The van der Waals surface area contributed by atoms with Crippen molar-refractivity contribution in [2.24, 2.45) is 0 Å². The Hall–Kier alpha value is -4.34. The zero-order chi connectivity index (χ0) is 26.1. The number of rotatable bonds is 7. The van der Waals surface area contributed by atoms with Gasteiger partial charge >= 0.3 is 12.1 Å². The number of hydrogen-bond acceptors (Lipinski definition) is 4. The first-order valence-corrected chi connectivity index (χ1v) is 11.0. The molecule has 0 fully saturated rings. The van der Waals surface area contributed by atoms with Gasteiger partial charge in [-0.05, 0) is 61.4 Å². The van der Waals surface area contributed by atoms with Gasteiger partial charge in [-0.1, -0.05) is 18.2 Å². The van der Waals surface area contributed by atoms with Crippen LogP contribution in [0.1, 0.15) is 18.9 Å². The fraction of sp³-hybridized carbons (Fsp3) is 0.192. The van der Waals surface area contributed by atoms with E-state index in [-0.39, 0.29) is 5.91 Å². The highest BCUT2D eigenvalue weighted by Crippen LogP contribution is 2.24. The highest BCUT2D eigenvalue weighted by Gasteiger charge is 2.38. The number of anilines is 1. The van der Waals surface area contributed by atoms with Crippen LogP contribution >= 0.6 is 0 Å². The predicted octanol–water partition coefficient (Wildman–Crippen LogP) is 6.05. The lowest BCUT2D eigenvalue weighted by Crippen LogP contribution is -2.21. The van der Waals surface area contributed by atoms with Gasteiger partial charge in [-0.25, -0.2) is 4.79 Å². The zero-order valence-electron chi connectivity index (χ0n) is 19.3. The number of nitrogens with one attached hydrogen (secondary N) is 1. The number of carbonyl (C=O) groups excluding carboxylic acids is 1. The number of halogens is 3. The number of aromatic nitrogens is 2. The third kappa shape index (κ3) is 7.33. The van der Waals surface area contributed by atoms with E-state index in [0.29, 0.717) is 24.3 Å². The summed E-state index contributed by atoms with van der Waals surface area (Å²) in [7, 11) is 0. The molecule has 2 aromatic heterocycles. The summed E-state index contributed by atoms with van der Waals surface area (Å²) in [4.78, 5) is 25.3. The van der Waals surface area contributed by atoms with Crippen LogP contribution in [0, 0.1) is 0 Å². The Balaban J connectivity index is 0.000000454. The second kappa shape index (κ2) is 11.9. The standard InChI is InChI=1S/C24H23N3O2.C2HF3O2/c1-2-27-17-18(22-7-3-4-8-23(22)27)9-14-24(28)26-19-10-12-20(13-11-19)29-21-6-5-15-25-16-21;3-2(4,5)1(6)7/h3-8,10-13,15-17H,2,9,14H2,1H3,(H,26,28);(H,6,7). The molecular formula is C26H24F3N3O4. The summed E-state index contributed by atoms with van der Waals surface area (Å²) in [6.07, 6.45) is 1.58. The molecule has 0 radical (unpaired) electrons. The first-order valence-electron chi connectivity index (χ1n) is 11.0. The van der Waals surface area contributed by atoms with Crippen molar-refractivity contribution in [1.82, 2.24) is 9.55 Å². The zero-order valence-corrected chi connectivity index (χ0v) is 19.3. The monoisotopic (exact) mass is 499 g/mol. The lowest BCUT2D eigenvalue weighted by molar-refractivity contribution is -0.192. The number of hydrogen-bond donors (Lipinski definition) is 2. The average Bonchev–Trinajstić information content (AvgIpc) is 3.22. The van der Waals surface area contributed by atoms with Gasteiger partial charge in [-0.15, -0.1) is 0 Å². The normalized spacial score (nSPS) is 10.9. The fourth-order valence-corrected chi connectivity index (χ4v) is 3.41. The van der Waals surface area contributed by atoms with Crippen LogP contribution in [0.15, 0.2) is 79.3 Å². The molecule has 2 N–H and O–H groups in total. The lowest BCUT2D eigenvalue weighted by atomic mass is 10.1. The van der Waals surface area contributed by atoms with Gasteiger partial charge in [0.05, 0.1) is 6.20 Å². The minimum atomic E-state index is -5.08. The van der Waals surface area contributed by atoms with Crippen molar-refractivity contribution in [3.05, 3.63) is 84.8 Å². The van der Waals surface area contributed by atoms with E-state index in [2.05, 4.69) is 40.1 Å². The fourth-order valence-electron chi connectivity index (χ4n) is 3.41. The SMILES string of the molecule is CCn1cc(CCC(=O)Nc2ccc(Oc3cccnc3)cc2)c2ccccc21.O=C(O)C(F)(F)F. The van der Waals surface area contributed by atoms with E-state index in [4.69, 9.17) is 14.6 Å². The molecule has 0 aliphatic heterocycles. The van der Waals surface area contributed by atoms with Crippen LogP contribution < -0.4 is 10.1 Å². The van der Waals surface area contributed by atoms with Gasteiger partial charge in [0.2, 0.25) is 5.91 Å². The largest absolute Gasteiger partial charge is 0.490 e. The number of carbonyl (C=O) groups is 2. The minimum Gasteiger partial charge on any atom is -0.475 e. The Kier molecular flexibility index (Phi) is 8.66. The molecule has 0 spiro atoms. The number of benzene rings is 2. The van der Waals surface area contributed by atoms with Crippen molar-refractivity contribution in [2.75, 3.05) is 5.32 Å². The van der Waals surface area contributed by atoms with Crippen molar-refractivity contribution in [1.29, 1.82) is 0 Å². The van der Waals surface area contributed by atoms with Gasteiger partial charge in [0.25, 0.3) is 0 Å². The van der Waals surface area contributed by atoms with Gasteiger partial charge < -0.3 is 19.7 Å². The molecule has 36 heavy (non-hydrogen) atoms. The molecule has 4 rings (SSSR count). The van der Waals surface area contributed by atoms with E-state index in [0.717, 1.165) is 12.2 Å². The van der Waals surface area contributed by atoms with E-state index >= 15 is 0 Å². The summed E-state index contributed by atoms with van der Waals surface area (Å²) >= 11 is 0. The Bertz CT molecular complexity index is 1300. The van der Waals surface area contributed by atoms with E-state index < -0.39 is 12.1 Å². The number of nitrogens with zero attached hydrogens (tertiary/aromatic N) is 2. The van der Waals surface area contributed by atoms with Gasteiger partial charge in [-0.3, -0.25) is 9.78 Å². The summed E-state index contributed by atoms with van der Waals surface area (Å²) in [5, 5.41) is 11.3. The first-order chi connectivity index (χ1) is 17.2. The van der Waals surface area contributed by atoms with Gasteiger partial charge in [0, 0.05) is 41.9 Å². The Morgan fingerprint density at radius 2 is 1.72 bits per heavy atom. The second-order valence-corrected chi connectivity index (χ2v) is 7.62. The number of aryl methyl sites for hydroxylation is 2. The van der Waals surface area contributed by atoms with E-state index in [1.807, 2.05) is 48.5 Å². The summed E-state index contributed by atoms with van der Waals surface area (Å²) in [6, 6.07) is 19.3. The molecule has 0 bridgehead atoms. The van der Waals surface area contributed by atoms with Crippen LogP contribution in [0.25, 0.3) is 10.9 Å². The van der Waals surface area contributed by atoms with Gasteiger partial charge in [-0.2, -0.15) is 13.2 Å². The summed E-state index contributed by atoms with van der Waals surface area (Å²) < 4.78 is 39.7. The third-order valence-electron chi connectivity index (χ3n) is 5.08. The molecule has 4 aromatic rings. The second-order valence-electron chi connectivity index (χ2n) is 7.62. The highest BCUT2D eigenvalue weighted by atomic mass is 19.4. The van der Waals surface area contributed by atoms with E-state index in [1.54, 1.807) is 12.4 Å². The highest BCUT2D eigenvalue weighted by molar-refractivity contribution is 5.91. The van der Waals surface area contributed by atoms with Crippen LogP contribution in [-0.4, -0.2) is 32.7 Å². The van der Waals surface area contributed by atoms with Gasteiger partial charge in [0.15, 0.2) is 0 Å². The van der Waals surface area contributed by atoms with Crippen LogP contribution in [0.3, 0.4) is 0 Å². The van der Waals surface area contributed by atoms with Crippen LogP contribution in [-0.2, 0) is 22.6 Å². The number of aliphatic carboxylic acids is 1. The molecule has 7 nitrogen and oxygen atoms in total.